The van der Waals surface area contributed by atoms with Crippen molar-refractivity contribution in [2.45, 2.75) is 25.8 Å². The Labute approximate surface area is 93.2 Å². The van der Waals surface area contributed by atoms with Gasteiger partial charge in [0.1, 0.15) is 10.9 Å². The van der Waals surface area contributed by atoms with Crippen LogP contribution in [-0.4, -0.2) is 22.5 Å². The van der Waals surface area contributed by atoms with E-state index in [-0.39, 0.29) is 11.8 Å². The molecule has 15 heavy (non-hydrogen) atoms. The fourth-order valence-corrected chi connectivity index (χ4v) is 1.78. The van der Waals surface area contributed by atoms with E-state index in [1.807, 2.05) is 13.0 Å². The molecule has 3 nitrogen and oxygen atoms in total. The lowest BCUT2D eigenvalue weighted by Crippen LogP contribution is -2.21. The summed E-state index contributed by atoms with van der Waals surface area (Å²) in [6, 6.07) is 3.64. The fraction of sp³-hybridized carbons (Fsp3) is 0.364. The van der Waals surface area contributed by atoms with Gasteiger partial charge in [-0.25, -0.2) is 4.98 Å². The van der Waals surface area contributed by atoms with Crippen LogP contribution in [0.1, 0.15) is 25.3 Å². The molecule has 1 atom stereocenters. The topological polar surface area (TPSA) is 42.3 Å². The van der Waals surface area contributed by atoms with Gasteiger partial charge in [0.05, 0.1) is 11.8 Å². The monoisotopic (exact) mass is 222 g/mol. The Morgan fingerprint density at radius 2 is 2.27 bits per heavy atom. The molecular formula is C11H11ClN2O. The lowest BCUT2D eigenvalue weighted by atomic mass is 9.99. The molecule has 1 aromatic rings. The molecule has 0 saturated heterocycles. The number of hydrogen-bond acceptors (Lipinski definition) is 3. The second-order valence-electron chi connectivity index (χ2n) is 3.71. The van der Waals surface area contributed by atoms with Gasteiger partial charge in [-0.3, -0.25) is 9.79 Å². The molecule has 1 aliphatic heterocycles. The zero-order valence-corrected chi connectivity index (χ0v) is 9.16. The molecule has 78 valence electrons. The summed E-state index contributed by atoms with van der Waals surface area (Å²) in [5, 5.41) is 0.453. The van der Waals surface area contributed by atoms with Crippen molar-refractivity contribution in [3.05, 3.63) is 29.0 Å². The van der Waals surface area contributed by atoms with Crippen LogP contribution in [-0.2, 0) is 4.79 Å². The number of nitrogens with zero attached hydrogens (tertiary/aromatic N) is 2. The van der Waals surface area contributed by atoms with Crippen LogP contribution >= 0.6 is 11.6 Å². The second kappa shape index (κ2) is 4.11. The van der Waals surface area contributed by atoms with Gasteiger partial charge >= 0.3 is 0 Å². The Morgan fingerprint density at radius 3 is 2.87 bits per heavy atom. The van der Waals surface area contributed by atoms with Crippen molar-refractivity contribution < 1.29 is 4.79 Å². The van der Waals surface area contributed by atoms with Gasteiger partial charge in [0.2, 0.25) is 0 Å². The Bertz CT molecular complexity index is 411. The second-order valence-corrected chi connectivity index (χ2v) is 4.10. The third-order valence-electron chi connectivity index (χ3n) is 2.32. The van der Waals surface area contributed by atoms with E-state index < -0.39 is 0 Å². The number of ketones is 1. The van der Waals surface area contributed by atoms with E-state index in [9.17, 15) is 4.79 Å². The molecule has 0 aliphatic carbocycles. The van der Waals surface area contributed by atoms with Gasteiger partial charge in [-0.15, -0.1) is 0 Å². The third kappa shape index (κ3) is 2.42. The number of rotatable bonds is 1. The number of aromatic nitrogens is 1. The van der Waals surface area contributed by atoms with Gasteiger partial charge in [0, 0.05) is 24.6 Å². The molecule has 0 aromatic carbocycles. The molecule has 1 aromatic heterocycles. The molecule has 2 heterocycles. The molecule has 0 radical (unpaired) electrons. The van der Waals surface area contributed by atoms with Gasteiger partial charge in [0.15, 0.2) is 0 Å². The minimum absolute atomic E-state index is 0.0805. The average Bonchev–Trinajstić information content (AvgIpc) is 2.17. The first-order valence-corrected chi connectivity index (χ1v) is 5.23. The quantitative estimate of drug-likeness (QED) is 0.684. The molecule has 1 aliphatic rings. The largest absolute Gasteiger partial charge is 0.299 e. The predicted molar refractivity (Wildman–Crippen MR) is 59.5 cm³/mol. The minimum atomic E-state index is 0.0805. The molecule has 0 N–H and O–H groups in total. The maximum atomic E-state index is 11.4. The summed E-state index contributed by atoms with van der Waals surface area (Å²) in [6.07, 6.45) is 2.62. The van der Waals surface area contributed by atoms with Crippen LogP contribution in [0, 0.1) is 0 Å². The van der Waals surface area contributed by atoms with Crippen LogP contribution < -0.4 is 0 Å². The van der Waals surface area contributed by atoms with E-state index in [2.05, 4.69) is 9.98 Å². The van der Waals surface area contributed by atoms with E-state index in [0.717, 1.165) is 11.3 Å². The van der Waals surface area contributed by atoms with E-state index in [1.165, 1.54) is 0 Å². The van der Waals surface area contributed by atoms with Crippen LogP contribution in [0.15, 0.2) is 23.3 Å². The molecule has 2 rings (SSSR count). The third-order valence-corrected chi connectivity index (χ3v) is 2.55. The summed E-state index contributed by atoms with van der Waals surface area (Å²) in [5.74, 6) is 0.238. The Kier molecular flexibility index (Phi) is 2.82. The molecule has 0 saturated carbocycles. The van der Waals surface area contributed by atoms with E-state index >= 15 is 0 Å². The van der Waals surface area contributed by atoms with Crippen molar-refractivity contribution in [2.75, 3.05) is 0 Å². The number of halogens is 1. The van der Waals surface area contributed by atoms with Crippen LogP contribution in [0.5, 0.6) is 0 Å². The molecule has 1 unspecified atom stereocenters. The molecule has 4 heteroatoms. The number of pyridine rings is 1. The Morgan fingerprint density at radius 1 is 1.47 bits per heavy atom. The maximum Gasteiger partial charge on any atom is 0.140 e. The summed E-state index contributed by atoms with van der Waals surface area (Å²) in [5.41, 5.74) is 1.71. The highest BCUT2D eigenvalue weighted by molar-refractivity contribution is 6.29. The highest BCUT2D eigenvalue weighted by atomic mass is 35.5. The number of Topliss-reactive ketones (excluding diaryl/α,β-unsaturated/α-hetero) is 1. The summed E-state index contributed by atoms with van der Waals surface area (Å²) >= 11 is 5.69. The zero-order chi connectivity index (χ0) is 10.8. The first-order valence-electron chi connectivity index (χ1n) is 4.85. The van der Waals surface area contributed by atoms with Gasteiger partial charge in [-0.1, -0.05) is 11.6 Å². The van der Waals surface area contributed by atoms with Gasteiger partial charge in [0.25, 0.3) is 0 Å². The fourth-order valence-electron chi connectivity index (χ4n) is 1.67. The Hall–Kier alpha value is -1.22. The van der Waals surface area contributed by atoms with Crippen molar-refractivity contribution in [1.29, 1.82) is 0 Å². The standard InChI is InChI=1S/C11H11ClN2O/c1-7-4-9(15)5-10(14-7)8-2-3-11(12)13-6-8/h2-3,6-7H,4-5H2,1H3. The van der Waals surface area contributed by atoms with Crippen LogP contribution in [0.2, 0.25) is 5.15 Å². The first kappa shape index (κ1) is 10.3. The summed E-state index contributed by atoms with van der Waals surface area (Å²) in [7, 11) is 0. The minimum Gasteiger partial charge on any atom is -0.299 e. The number of carbonyl (C=O) groups excluding carboxylic acids is 1. The van der Waals surface area contributed by atoms with Gasteiger partial charge in [-0.05, 0) is 19.1 Å². The van der Waals surface area contributed by atoms with E-state index in [1.54, 1.807) is 12.3 Å². The SMILES string of the molecule is CC1CC(=O)CC(c2ccc(Cl)nc2)=N1. The Balaban J connectivity index is 2.30. The average molecular weight is 223 g/mol. The highest BCUT2D eigenvalue weighted by Crippen LogP contribution is 2.16. The lowest BCUT2D eigenvalue weighted by molar-refractivity contribution is -0.118. The van der Waals surface area contributed by atoms with Crippen molar-refractivity contribution >= 4 is 23.1 Å². The predicted octanol–water partition coefficient (Wildman–Crippen LogP) is 2.28. The number of hydrogen-bond donors (Lipinski definition) is 0. The molecule has 0 fully saturated rings. The number of aliphatic imine (C=N–C) groups is 1. The first-order chi connectivity index (χ1) is 7.15. The molecule has 0 bridgehead atoms. The lowest BCUT2D eigenvalue weighted by Gasteiger charge is -2.16. The summed E-state index contributed by atoms with van der Waals surface area (Å²) in [6.45, 7) is 1.94. The van der Waals surface area contributed by atoms with Crippen molar-refractivity contribution in [3.63, 3.8) is 0 Å². The normalized spacial score (nSPS) is 21.3. The summed E-state index contributed by atoms with van der Waals surface area (Å²) in [4.78, 5) is 19.8. The molecule has 0 spiro atoms. The smallest absolute Gasteiger partial charge is 0.140 e. The van der Waals surface area contributed by atoms with Crippen molar-refractivity contribution in [2.24, 2.45) is 4.99 Å². The zero-order valence-electron chi connectivity index (χ0n) is 8.40. The highest BCUT2D eigenvalue weighted by Gasteiger charge is 2.19. The van der Waals surface area contributed by atoms with Crippen molar-refractivity contribution in [1.82, 2.24) is 4.98 Å². The number of carbonyl (C=O) groups is 1. The molecular weight excluding hydrogens is 212 g/mol. The van der Waals surface area contributed by atoms with Crippen LogP contribution in [0.4, 0.5) is 0 Å². The van der Waals surface area contributed by atoms with Crippen LogP contribution in [0.25, 0.3) is 0 Å². The maximum absolute atomic E-state index is 11.4. The van der Waals surface area contributed by atoms with Crippen LogP contribution in [0.3, 0.4) is 0 Å². The van der Waals surface area contributed by atoms with Gasteiger partial charge < -0.3 is 0 Å². The van der Waals surface area contributed by atoms with Crippen molar-refractivity contribution in [3.8, 4) is 0 Å². The summed E-state index contributed by atoms with van der Waals surface area (Å²) < 4.78 is 0. The van der Waals surface area contributed by atoms with Gasteiger partial charge in [-0.2, -0.15) is 0 Å². The van der Waals surface area contributed by atoms with E-state index in [4.69, 9.17) is 11.6 Å². The van der Waals surface area contributed by atoms with E-state index in [0.29, 0.717) is 18.0 Å². The molecule has 0 amide bonds.